The van der Waals surface area contributed by atoms with Crippen LogP contribution in [0.25, 0.3) is 5.69 Å². The second-order valence-electron chi connectivity index (χ2n) is 6.31. The van der Waals surface area contributed by atoms with Crippen LogP contribution in [0.2, 0.25) is 0 Å². The SMILES string of the molecule is Cc1ccc(C)n1-c1ccc(C(=O)Nc2ccc3c(c2)OCCO3)cc1. The number of nitrogens with one attached hydrogen (secondary N) is 1. The number of aryl methyl sites for hydroxylation is 2. The highest BCUT2D eigenvalue weighted by atomic mass is 16.6. The lowest BCUT2D eigenvalue weighted by Gasteiger charge is -2.19. The number of carbonyl (C=O) groups excluding carboxylic acids is 1. The number of amides is 1. The first kappa shape index (κ1) is 16.3. The van der Waals surface area contributed by atoms with E-state index < -0.39 is 0 Å². The largest absolute Gasteiger partial charge is 0.486 e. The van der Waals surface area contributed by atoms with Gasteiger partial charge in [0.15, 0.2) is 11.5 Å². The van der Waals surface area contributed by atoms with Crippen LogP contribution in [0.1, 0.15) is 21.7 Å². The predicted molar refractivity (Wildman–Crippen MR) is 101 cm³/mol. The molecule has 1 aromatic heterocycles. The van der Waals surface area contributed by atoms with Crippen LogP contribution < -0.4 is 14.8 Å². The standard InChI is InChI=1S/C21H20N2O3/c1-14-3-4-15(2)23(14)18-8-5-16(6-9-18)21(24)22-17-7-10-19-20(13-17)26-12-11-25-19/h3-10,13H,11-12H2,1-2H3,(H,22,24). The summed E-state index contributed by atoms with van der Waals surface area (Å²) in [5.41, 5.74) is 4.65. The Balaban J connectivity index is 1.52. The van der Waals surface area contributed by atoms with Crippen molar-refractivity contribution in [2.45, 2.75) is 13.8 Å². The second-order valence-corrected chi connectivity index (χ2v) is 6.31. The van der Waals surface area contributed by atoms with E-state index in [9.17, 15) is 4.79 Å². The number of aromatic nitrogens is 1. The Hall–Kier alpha value is -3.21. The molecule has 0 bridgehead atoms. The zero-order valence-corrected chi connectivity index (χ0v) is 14.8. The van der Waals surface area contributed by atoms with Gasteiger partial charge in [0, 0.05) is 34.4 Å². The number of carbonyl (C=O) groups is 1. The third kappa shape index (κ3) is 3.04. The highest BCUT2D eigenvalue weighted by Crippen LogP contribution is 2.32. The molecule has 132 valence electrons. The molecule has 5 nitrogen and oxygen atoms in total. The molecule has 2 aromatic carbocycles. The monoisotopic (exact) mass is 348 g/mol. The van der Waals surface area contributed by atoms with Crippen molar-refractivity contribution >= 4 is 11.6 Å². The van der Waals surface area contributed by atoms with E-state index in [0.29, 0.717) is 36.0 Å². The first-order valence-corrected chi connectivity index (χ1v) is 8.58. The molecule has 2 heterocycles. The first-order chi connectivity index (χ1) is 12.6. The van der Waals surface area contributed by atoms with Gasteiger partial charge in [-0.1, -0.05) is 0 Å². The summed E-state index contributed by atoms with van der Waals surface area (Å²) in [4.78, 5) is 12.5. The van der Waals surface area contributed by atoms with Crippen molar-refractivity contribution in [3.05, 3.63) is 71.5 Å². The molecule has 1 N–H and O–H groups in total. The maximum Gasteiger partial charge on any atom is 0.255 e. The van der Waals surface area contributed by atoms with E-state index in [4.69, 9.17) is 9.47 Å². The molecule has 0 spiro atoms. The van der Waals surface area contributed by atoms with Gasteiger partial charge in [-0.25, -0.2) is 0 Å². The molecule has 1 aliphatic heterocycles. The minimum absolute atomic E-state index is 0.158. The van der Waals surface area contributed by atoms with Crippen LogP contribution >= 0.6 is 0 Å². The Morgan fingerprint density at radius 2 is 1.54 bits per heavy atom. The van der Waals surface area contributed by atoms with Crippen molar-refractivity contribution in [3.8, 4) is 17.2 Å². The molecular formula is C21H20N2O3. The molecule has 0 saturated heterocycles. The second kappa shape index (κ2) is 6.59. The summed E-state index contributed by atoms with van der Waals surface area (Å²) >= 11 is 0. The molecule has 26 heavy (non-hydrogen) atoms. The third-order valence-corrected chi connectivity index (χ3v) is 4.46. The molecule has 0 fully saturated rings. The number of anilines is 1. The van der Waals surface area contributed by atoms with Crippen LogP contribution in [0, 0.1) is 13.8 Å². The summed E-state index contributed by atoms with van der Waals surface area (Å²) in [6, 6.07) is 17.2. The molecule has 0 atom stereocenters. The normalized spacial score (nSPS) is 12.7. The van der Waals surface area contributed by atoms with E-state index >= 15 is 0 Å². The number of fused-ring (bicyclic) bond motifs is 1. The third-order valence-electron chi connectivity index (χ3n) is 4.46. The van der Waals surface area contributed by atoms with E-state index in [0.717, 1.165) is 17.1 Å². The number of hydrogen-bond donors (Lipinski definition) is 1. The molecule has 0 unspecified atom stereocenters. The van der Waals surface area contributed by atoms with Gasteiger partial charge in [-0.15, -0.1) is 0 Å². The minimum Gasteiger partial charge on any atom is -0.486 e. The highest BCUT2D eigenvalue weighted by molar-refractivity contribution is 6.04. The molecule has 1 aliphatic rings. The zero-order valence-electron chi connectivity index (χ0n) is 14.8. The van der Waals surface area contributed by atoms with Gasteiger partial charge in [0.05, 0.1) is 0 Å². The van der Waals surface area contributed by atoms with Crippen LogP contribution in [0.3, 0.4) is 0 Å². The highest BCUT2D eigenvalue weighted by Gasteiger charge is 2.13. The van der Waals surface area contributed by atoms with E-state index in [1.54, 1.807) is 6.07 Å². The maximum atomic E-state index is 12.5. The van der Waals surface area contributed by atoms with Crippen molar-refractivity contribution in [2.24, 2.45) is 0 Å². The predicted octanol–water partition coefficient (Wildman–Crippen LogP) is 4.12. The summed E-state index contributed by atoms with van der Waals surface area (Å²) in [6.07, 6.45) is 0. The first-order valence-electron chi connectivity index (χ1n) is 8.58. The topological polar surface area (TPSA) is 52.5 Å². The van der Waals surface area contributed by atoms with Crippen LogP contribution in [0.4, 0.5) is 5.69 Å². The van der Waals surface area contributed by atoms with Gasteiger partial charge < -0.3 is 19.4 Å². The van der Waals surface area contributed by atoms with Crippen molar-refractivity contribution < 1.29 is 14.3 Å². The molecule has 1 amide bonds. The molecule has 0 saturated carbocycles. The van der Waals surface area contributed by atoms with Gasteiger partial charge >= 0.3 is 0 Å². The molecule has 3 aromatic rings. The Bertz CT molecular complexity index is 938. The van der Waals surface area contributed by atoms with Crippen molar-refractivity contribution in [1.29, 1.82) is 0 Å². The molecule has 4 rings (SSSR count). The van der Waals surface area contributed by atoms with Gasteiger partial charge in [-0.05, 0) is 62.4 Å². The van der Waals surface area contributed by atoms with E-state index in [-0.39, 0.29) is 5.91 Å². The summed E-state index contributed by atoms with van der Waals surface area (Å²) in [7, 11) is 0. The van der Waals surface area contributed by atoms with Crippen molar-refractivity contribution in [2.75, 3.05) is 18.5 Å². The number of benzene rings is 2. The Labute approximate surface area is 152 Å². The summed E-state index contributed by atoms with van der Waals surface area (Å²) in [6.45, 7) is 5.19. The van der Waals surface area contributed by atoms with Crippen molar-refractivity contribution in [1.82, 2.24) is 4.57 Å². The Morgan fingerprint density at radius 1 is 0.885 bits per heavy atom. The van der Waals surface area contributed by atoms with Crippen molar-refractivity contribution in [3.63, 3.8) is 0 Å². The number of nitrogens with zero attached hydrogens (tertiary/aromatic N) is 1. The molecule has 0 radical (unpaired) electrons. The van der Waals surface area contributed by atoms with Gasteiger partial charge in [-0.3, -0.25) is 4.79 Å². The Morgan fingerprint density at radius 3 is 2.23 bits per heavy atom. The number of ether oxygens (including phenoxy) is 2. The lowest BCUT2D eigenvalue weighted by Crippen LogP contribution is -2.16. The van der Waals surface area contributed by atoms with Crippen LogP contribution in [0.15, 0.2) is 54.6 Å². The fraction of sp³-hybridized carbons (Fsp3) is 0.190. The van der Waals surface area contributed by atoms with Gasteiger partial charge in [0.1, 0.15) is 13.2 Å². The summed E-state index contributed by atoms with van der Waals surface area (Å²) in [5, 5.41) is 2.90. The summed E-state index contributed by atoms with van der Waals surface area (Å²) < 4.78 is 13.2. The molecule has 5 heteroatoms. The smallest absolute Gasteiger partial charge is 0.255 e. The lowest BCUT2D eigenvalue weighted by molar-refractivity contribution is 0.102. The fourth-order valence-corrected chi connectivity index (χ4v) is 3.16. The van der Waals surface area contributed by atoms with Crippen LogP contribution in [0.5, 0.6) is 11.5 Å². The lowest BCUT2D eigenvalue weighted by atomic mass is 10.1. The Kier molecular flexibility index (Phi) is 4.13. The summed E-state index contributed by atoms with van der Waals surface area (Å²) in [5.74, 6) is 1.20. The van der Waals surface area contributed by atoms with E-state index in [2.05, 4.69) is 35.9 Å². The average molecular weight is 348 g/mol. The molecular weight excluding hydrogens is 328 g/mol. The van der Waals surface area contributed by atoms with Gasteiger partial charge in [0.2, 0.25) is 0 Å². The zero-order chi connectivity index (χ0) is 18.1. The quantitative estimate of drug-likeness (QED) is 0.775. The van der Waals surface area contributed by atoms with Crippen LogP contribution in [-0.4, -0.2) is 23.7 Å². The number of hydrogen-bond acceptors (Lipinski definition) is 3. The molecule has 0 aliphatic carbocycles. The fourth-order valence-electron chi connectivity index (χ4n) is 3.16. The van der Waals surface area contributed by atoms with E-state index in [1.165, 1.54) is 0 Å². The maximum absolute atomic E-state index is 12.5. The minimum atomic E-state index is -0.158. The van der Waals surface area contributed by atoms with Gasteiger partial charge in [-0.2, -0.15) is 0 Å². The van der Waals surface area contributed by atoms with Gasteiger partial charge in [0.25, 0.3) is 5.91 Å². The van der Waals surface area contributed by atoms with Crippen LogP contribution in [-0.2, 0) is 0 Å². The van der Waals surface area contributed by atoms with E-state index in [1.807, 2.05) is 36.4 Å². The average Bonchev–Trinajstić information content (AvgIpc) is 3.00. The number of rotatable bonds is 3.